The number of hydrogen-bond donors (Lipinski definition) is 2. The molecule has 0 aromatic heterocycles. The Morgan fingerprint density at radius 1 is 1.31 bits per heavy atom. The lowest BCUT2D eigenvalue weighted by molar-refractivity contribution is 0.580. The van der Waals surface area contributed by atoms with Gasteiger partial charge in [-0.3, -0.25) is 0 Å². The van der Waals surface area contributed by atoms with Crippen LogP contribution in [0.15, 0.2) is 24.3 Å². The van der Waals surface area contributed by atoms with Crippen molar-refractivity contribution in [2.75, 3.05) is 6.54 Å². The Bertz CT molecular complexity index is 429. The Balaban J connectivity index is 2.72. The van der Waals surface area contributed by atoms with Crippen molar-refractivity contribution in [3.05, 3.63) is 35.4 Å². The first-order valence-corrected chi connectivity index (χ1v) is 6.98. The third kappa shape index (κ3) is 4.30. The van der Waals surface area contributed by atoms with Crippen LogP contribution in [0.3, 0.4) is 0 Å². The van der Waals surface area contributed by atoms with Gasteiger partial charge in [-0.05, 0) is 17.5 Å². The third-order valence-corrected chi connectivity index (χ3v) is 3.51. The van der Waals surface area contributed by atoms with Crippen LogP contribution in [0.1, 0.15) is 24.5 Å². The number of nitrogens with two attached hydrogens (primary N) is 1. The maximum absolute atomic E-state index is 11.6. The molecule has 1 aromatic carbocycles. The van der Waals surface area contributed by atoms with Crippen molar-refractivity contribution >= 4 is 10.0 Å². The lowest BCUT2D eigenvalue weighted by atomic mass is 10.1. The van der Waals surface area contributed by atoms with E-state index in [1.165, 1.54) is 0 Å². The van der Waals surface area contributed by atoms with E-state index in [1.54, 1.807) is 6.07 Å². The summed E-state index contributed by atoms with van der Waals surface area (Å²) < 4.78 is 25.8. The summed E-state index contributed by atoms with van der Waals surface area (Å²) in [5.74, 6) is 0.0147. The number of benzene rings is 1. The van der Waals surface area contributed by atoms with E-state index in [4.69, 9.17) is 5.73 Å². The van der Waals surface area contributed by atoms with Crippen molar-refractivity contribution in [1.29, 1.82) is 0 Å². The minimum absolute atomic E-state index is 0.0147. The van der Waals surface area contributed by atoms with Crippen molar-refractivity contribution in [2.24, 2.45) is 5.73 Å². The zero-order chi connectivity index (χ0) is 12.0. The van der Waals surface area contributed by atoms with E-state index in [0.717, 1.165) is 17.5 Å². The Labute approximate surface area is 96.9 Å². The first-order chi connectivity index (χ1) is 7.57. The van der Waals surface area contributed by atoms with Gasteiger partial charge in [0.15, 0.2) is 0 Å². The predicted octanol–water partition coefficient (Wildman–Crippen LogP) is 0.975. The summed E-state index contributed by atoms with van der Waals surface area (Å²) >= 11 is 0. The van der Waals surface area contributed by atoms with Crippen LogP contribution >= 0.6 is 0 Å². The summed E-state index contributed by atoms with van der Waals surface area (Å²) in [5, 5.41) is 0. The minimum Gasteiger partial charge on any atom is -0.326 e. The summed E-state index contributed by atoms with van der Waals surface area (Å²) in [6.07, 6.45) is 0.794. The van der Waals surface area contributed by atoms with E-state index < -0.39 is 10.0 Å². The van der Waals surface area contributed by atoms with Gasteiger partial charge < -0.3 is 5.73 Å². The van der Waals surface area contributed by atoms with Crippen LogP contribution in [0, 0.1) is 0 Å². The van der Waals surface area contributed by atoms with Crippen LogP contribution in [0.2, 0.25) is 0 Å². The van der Waals surface area contributed by atoms with Gasteiger partial charge >= 0.3 is 0 Å². The first-order valence-electron chi connectivity index (χ1n) is 5.32. The van der Waals surface area contributed by atoms with Gasteiger partial charge in [-0.2, -0.15) is 0 Å². The molecule has 0 heterocycles. The standard InChI is InChI=1S/C11H18N2O2S/c1-2-6-13-16(14,15)9-11-5-3-4-10(7-11)8-12/h3-5,7,13H,2,6,8-9,12H2,1H3. The van der Waals surface area contributed by atoms with Gasteiger partial charge in [0.05, 0.1) is 5.75 Å². The monoisotopic (exact) mass is 242 g/mol. The number of nitrogens with one attached hydrogen (secondary N) is 1. The number of rotatable bonds is 6. The Morgan fingerprint density at radius 3 is 2.62 bits per heavy atom. The molecule has 1 rings (SSSR count). The topological polar surface area (TPSA) is 72.2 Å². The highest BCUT2D eigenvalue weighted by molar-refractivity contribution is 7.88. The van der Waals surface area contributed by atoms with Crippen LogP contribution in [0.4, 0.5) is 0 Å². The highest BCUT2D eigenvalue weighted by atomic mass is 32.2. The summed E-state index contributed by atoms with van der Waals surface area (Å²) in [6, 6.07) is 7.33. The van der Waals surface area contributed by atoms with Crippen LogP contribution in [0.25, 0.3) is 0 Å². The lowest BCUT2D eigenvalue weighted by Gasteiger charge is -2.06. The van der Waals surface area contributed by atoms with Gasteiger partial charge in [0.25, 0.3) is 0 Å². The highest BCUT2D eigenvalue weighted by Crippen LogP contribution is 2.08. The van der Waals surface area contributed by atoms with E-state index in [9.17, 15) is 8.42 Å². The molecule has 90 valence electrons. The van der Waals surface area contributed by atoms with Crippen molar-refractivity contribution < 1.29 is 8.42 Å². The molecule has 0 saturated heterocycles. The van der Waals surface area contributed by atoms with Crippen LogP contribution in [0.5, 0.6) is 0 Å². The second-order valence-electron chi connectivity index (χ2n) is 3.68. The summed E-state index contributed by atoms with van der Waals surface area (Å²) in [7, 11) is -3.21. The molecule has 0 aliphatic heterocycles. The first kappa shape index (κ1) is 13.2. The van der Waals surface area contributed by atoms with Crippen LogP contribution in [-0.4, -0.2) is 15.0 Å². The molecule has 0 atom stereocenters. The molecular formula is C11H18N2O2S. The molecule has 3 N–H and O–H groups in total. The molecular weight excluding hydrogens is 224 g/mol. The molecule has 0 unspecified atom stereocenters. The van der Waals surface area contributed by atoms with E-state index in [1.807, 2.05) is 25.1 Å². The maximum Gasteiger partial charge on any atom is 0.215 e. The lowest BCUT2D eigenvalue weighted by Crippen LogP contribution is -2.25. The summed E-state index contributed by atoms with van der Waals surface area (Å²) in [6.45, 7) is 2.84. The highest BCUT2D eigenvalue weighted by Gasteiger charge is 2.10. The van der Waals surface area contributed by atoms with Crippen LogP contribution in [-0.2, 0) is 22.3 Å². The molecule has 0 amide bonds. The van der Waals surface area contributed by atoms with Crippen molar-refractivity contribution in [1.82, 2.24) is 4.72 Å². The van der Waals surface area contributed by atoms with E-state index in [0.29, 0.717) is 13.1 Å². The molecule has 16 heavy (non-hydrogen) atoms. The van der Waals surface area contributed by atoms with Crippen molar-refractivity contribution in [3.8, 4) is 0 Å². The smallest absolute Gasteiger partial charge is 0.215 e. The minimum atomic E-state index is -3.21. The fourth-order valence-electron chi connectivity index (χ4n) is 1.37. The fraction of sp³-hybridized carbons (Fsp3) is 0.455. The van der Waals surface area contributed by atoms with E-state index in [-0.39, 0.29) is 5.75 Å². The maximum atomic E-state index is 11.6. The molecule has 0 aliphatic rings. The SMILES string of the molecule is CCCNS(=O)(=O)Cc1cccc(CN)c1. The molecule has 0 bridgehead atoms. The van der Waals surface area contributed by atoms with Gasteiger partial charge in [-0.25, -0.2) is 13.1 Å². The van der Waals surface area contributed by atoms with Gasteiger partial charge in [-0.15, -0.1) is 0 Å². The molecule has 0 aliphatic carbocycles. The van der Waals surface area contributed by atoms with E-state index >= 15 is 0 Å². The predicted molar refractivity (Wildman–Crippen MR) is 65.3 cm³/mol. The third-order valence-electron chi connectivity index (χ3n) is 2.16. The Hall–Kier alpha value is -0.910. The largest absolute Gasteiger partial charge is 0.326 e. The zero-order valence-electron chi connectivity index (χ0n) is 9.44. The Morgan fingerprint density at radius 2 is 2.00 bits per heavy atom. The number of sulfonamides is 1. The second-order valence-corrected chi connectivity index (χ2v) is 5.48. The van der Waals surface area contributed by atoms with Gasteiger partial charge in [0.1, 0.15) is 0 Å². The average Bonchev–Trinajstić information content (AvgIpc) is 2.26. The second kappa shape index (κ2) is 5.98. The quantitative estimate of drug-likeness (QED) is 0.781. The Kier molecular flexibility index (Phi) is 4.92. The van der Waals surface area contributed by atoms with Crippen molar-refractivity contribution in [3.63, 3.8) is 0 Å². The molecule has 0 fully saturated rings. The van der Waals surface area contributed by atoms with Gasteiger partial charge in [0, 0.05) is 13.1 Å². The summed E-state index contributed by atoms with van der Waals surface area (Å²) in [4.78, 5) is 0. The normalized spacial score (nSPS) is 11.6. The zero-order valence-corrected chi connectivity index (χ0v) is 10.3. The summed E-state index contributed by atoms with van der Waals surface area (Å²) in [5.41, 5.74) is 7.21. The van der Waals surface area contributed by atoms with Crippen LogP contribution < -0.4 is 10.5 Å². The van der Waals surface area contributed by atoms with Crippen molar-refractivity contribution in [2.45, 2.75) is 25.6 Å². The molecule has 1 aromatic rings. The molecule has 0 radical (unpaired) electrons. The molecule has 0 spiro atoms. The molecule has 5 heteroatoms. The number of hydrogen-bond acceptors (Lipinski definition) is 3. The molecule has 0 saturated carbocycles. The molecule has 4 nitrogen and oxygen atoms in total. The average molecular weight is 242 g/mol. The van der Waals surface area contributed by atoms with Gasteiger partial charge in [0.2, 0.25) is 10.0 Å². The fourth-order valence-corrected chi connectivity index (χ4v) is 2.61. The van der Waals surface area contributed by atoms with E-state index in [2.05, 4.69) is 4.72 Å². The van der Waals surface area contributed by atoms with Gasteiger partial charge in [-0.1, -0.05) is 31.2 Å².